The van der Waals surface area contributed by atoms with E-state index < -0.39 is 12.2 Å². The number of aromatic nitrogens is 2. The summed E-state index contributed by atoms with van der Waals surface area (Å²) in [7, 11) is 1.83. The fourth-order valence-corrected chi connectivity index (χ4v) is 2.67. The van der Waals surface area contributed by atoms with Crippen LogP contribution >= 0.6 is 0 Å². The molecule has 1 aromatic heterocycles. The van der Waals surface area contributed by atoms with Crippen molar-refractivity contribution in [2.75, 3.05) is 18.6 Å². The van der Waals surface area contributed by atoms with Gasteiger partial charge in [0, 0.05) is 19.0 Å². The molecule has 0 aliphatic heterocycles. The Morgan fingerprint density at radius 1 is 1.04 bits per heavy atom. The first-order valence-corrected chi connectivity index (χ1v) is 8.06. The highest BCUT2D eigenvalue weighted by Crippen LogP contribution is 2.27. The summed E-state index contributed by atoms with van der Waals surface area (Å²) in [5.41, 5.74) is 1.55. The van der Waals surface area contributed by atoms with Crippen LogP contribution in [-0.2, 0) is 6.54 Å². The van der Waals surface area contributed by atoms with E-state index in [0.29, 0.717) is 24.5 Å². The van der Waals surface area contributed by atoms with Crippen LogP contribution in [0.1, 0.15) is 24.7 Å². The van der Waals surface area contributed by atoms with E-state index in [1.54, 1.807) is 12.1 Å². The maximum Gasteiger partial charge on any atom is 0.297 e. The van der Waals surface area contributed by atoms with E-state index in [0.717, 1.165) is 16.7 Å². The minimum absolute atomic E-state index is 0.452. The zero-order valence-electron chi connectivity index (χ0n) is 14.1. The molecular formula is C19H19F2N3O. The van der Waals surface area contributed by atoms with Gasteiger partial charge in [0.1, 0.15) is 11.6 Å². The van der Waals surface area contributed by atoms with Crippen molar-refractivity contribution in [2.24, 2.45) is 0 Å². The predicted octanol–water partition coefficient (Wildman–Crippen LogP) is 4.60. The third-order valence-electron chi connectivity index (χ3n) is 3.81. The Labute approximate surface area is 145 Å². The predicted molar refractivity (Wildman–Crippen MR) is 94.2 cm³/mol. The second kappa shape index (κ2) is 7.42. The highest BCUT2D eigenvalue weighted by Gasteiger charge is 2.17. The Morgan fingerprint density at radius 2 is 1.76 bits per heavy atom. The first-order valence-electron chi connectivity index (χ1n) is 8.06. The van der Waals surface area contributed by atoms with Gasteiger partial charge in [-0.1, -0.05) is 24.3 Å². The van der Waals surface area contributed by atoms with Crippen molar-refractivity contribution in [3.05, 3.63) is 59.9 Å². The molecule has 0 spiro atoms. The standard InChI is InChI=1S/C19H19F2N3O/c1-3-25-14-10-8-13(9-11-14)12-24(2)19-15-6-4-5-7-16(15)22-18(23-19)17(20)21/h4-11,17H,3,12H2,1-2H3. The van der Waals surface area contributed by atoms with Crippen LogP contribution in [0.3, 0.4) is 0 Å². The number of rotatable bonds is 6. The lowest BCUT2D eigenvalue weighted by molar-refractivity contribution is 0.141. The van der Waals surface area contributed by atoms with E-state index in [9.17, 15) is 8.78 Å². The number of anilines is 1. The second-order valence-corrected chi connectivity index (χ2v) is 5.66. The Morgan fingerprint density at radius 3 is 2.44 bits per heavy atom. The molecule has 0 saturated heterocycles. The van der Waals surface area contributed by atoms with E-state index >= 15 is 0 Å². The largest absolute Gasteiger partial charge is 0.494 e. The van der Waals surface area contributed by atoms with Crippen molar-refractivity contribution in [1.82, 2.24) is 9.97 Å². The summed E-state index contributed by atoms with van der Waals surface area (Å²) < 4.78 is 31.7. The van der Waals surface area contributed by atoms with Crippen molar-refractivity contribution in [3.63, 3.8) is 0 Å². The van der Waals surface area contributed by atoms with Crippen LogP contribution in [0.2, 0.25) is 0 Å². The lowest BCUT2D eigenvalue weighted by Crippen LogP contribution is -2.19. The molecule has 0 saturated carbocycles. The Hall–Kier alpha value is -2.76. The van der Waals surface area contributed by atoms with Crippen LogP contribution < -0.4 is 9.64 Å². The molecular weight excluding hydrogens is 324 g/mol. The molecule has 0 unspecified atom stereocenters. The van der Waals surface area contributed by atoms with E-state index in [1.165, 1.54) is 0 Å². The summed E-state index contributed by atoms with van der Waals surface area (Å²) in [6.45, 7) is 3.08. The van der Waals surface area contributed by atoms with Crippen LogP contribution in [0, 0.1) is 0 Å². The Balaban J connectivity index is 1.91. The quantitative estimate of drug-likeness (QED) is 0.655. The normalized spacial score (nSPS) is 11.1. The number of halogens is 2. The first kappa shape index (κ1) is 17.1. The molecule has 0 N–H and O–H groups in total. The smallest absolute Gasteiger partial charge is 0.297 e. The molecule has 0 atom stereocenters. The lowest BCUT2D eigenvalue weighted by Gasteiger charge is -2.21. The van der Waals surface area contributed by atoms with Crippen LogP contribution in [0.25, 0.3) is 10.9 Å². The maximum absolute atomic E-state index is 13.1. The summed E-state index contributed by atoms with van der Waals surface area (Å²) in [6, 6.07) is 14.9. The van der Waals surface area contributed by atoms with Gasteiger partial charge in [-0.3, -0.25) is 0 Å². The molecule has 130 valence electrons. The van der Waals surface area contributed by atoms with Crippen LogP contribution in [0.4, 0.5) is 14.6 Å². The van der Waals surface area contributed by atoms with Gasteiger partial charge >= 0.3 is 0 Å². The summed E-state index contributed by atoms with van der Waals surface area (Å²) in [5.74, 6) is 0.850. The van der Waals surface area contributed by atoms with Crippen molar-refractivity contribution in [1.29, 1.82) is 0 Å². The molecule has 0 radical (unpaired) electrons. The SMILES string of the molecule is CCOc1ccc(CN(C)c2nc(C(F)F)nc3ccccc23)cc1. The van der Waals surface area contributed by atoms with Gasteiger partial charge in [-0.2, -0.15) is 0 Å². The van der Waals surface area contributed by atoms with Crippen molar-refractivity contribution < 1.29 is 13.5 Å². The maximum atomic E-state index is 13.1. The van der Waals surface area contributed by atoms with Crippen molar-refractivity contribution >= 4 is 16.7 Å². The molecule has 0 bridgehead atoms. The van der Waals surface area contributed by atoms with Gasteiger partial charge in [-0.05, 0) is 36.8 Å². The highest BCUT2D eigenvalue weighted by atomic mass is 19.3. The number of benzene rings is 2. The second-order valence-electron chi connectivity index (χ2n) is 5.66. The molecule has 4 nitrogen and oxygen atoms in total. The van der Waals surface area contributed by atoms with Gasteiger partial charge in [0.25, 0.3) is 6.43 Å². The number of alkyl halides is 2. The number of fused-ring (bicyclic) bond motifs is 1. The zero-order valence-corrected chi connectivity index (χ0v) is 14.1. The molecule has 2 aromatic carbocycles. The number of para-hydroxylation sites is 1. The van der Waals surface area contributed by atoms with Gasteiger partial charge in [-0.15, -0.1) is 0 Å². The summed E-state index contributed by atoms with van der Waals surface area (Å²) in [4.78, 5) is 9.89. The molecule has 0 amide bonds. The van der Waals surface area contributed by atoms with Gasteiger partial charge in [-0.25, -0.2) is 18.7 Å². The molecule has 3 aromatic rings. The van der Waals surface area contributed by atoms with Gasteiger partial charge < -0.3 is 9.64 Å². The fourth-order valence-electron chi connectivity index (χ4n) is 2.67. The Kier molecular flexibility index (Phi) is 5.07. The molecule has 3 rings (SSSR count). The van der Waals surface area contributed by atoms with Crippen LogP contribution in [0.5, 0.6) is 5.75 Å². The monoisotopic (exact) mass is 343 g/mol. The third-order valence-corrected chi connectivity index (χ3v) is 3.81. The Bertz CT molecular complexity index is 853. The van der Waals surface area contributed by atoms with E-state index in [-0.39, 0.29) is 0 Å². The molecule has 1 heterocycles. The fraction of sp³-hybridized carbons (Fsp3) is 0.263. The first-order chi connectivity index (χ1) is 12.1. The summed E-state index contributed by atoms with van der Waals surface area (Å²) in [5, 5.41) is 0.750. The third kappa shape index (κ3) is 3.84. The summed E-state index contributed by atoms with van der Waals surface area (Å²) in [6.07, 6.45) is -2.71. The minimum atomic E-state index is -2.71. The average Bonchev–Trinajstić information content (AvgIpc) is 2.62. The number of hydrogen-bond acceptors (Lipinski definition) is 4. The molecule has 6 heteroatoms. The topological polar surface area (TPSA) is 38.2 Å². The van der Waals surface area contributed by atoms with E-state index in [2.05, 4.69) is 9.97 Å². The van der Waals surface area contributed by atoms with Gasteiger partial charge in [0.2, 0.25) is 0 Å². The summed E-state index contributed by atoms with van der Waals surface area (Å²) >= 11 is 0. The van der Waals surface area contributed by atoms with Gasteiger partial charge in [0.05, 0.1) is 12.1 Å². The van der Waals surface area contributed by atoms with E-state index in [4.69, 9.17) is 4.74 Å². The number of nitrogens with zero attached hydrogens (tertiary/aromatic N) is 3. The molecule has 25 heavy (non-hydrogen) atoms. The van der Waals surface area contributed by atoms with Crippen LogP contribution in [-0.4, -0.2) is 23.6 Å². The van der Waals surface area contributed by atoms with Crippen molar-refractivity contribution in [2.45, 2.75) is 19.9 Å². The molecule has 0 aliphatic rings. The van der Waals surface area contributed by atoms with E-state index in [1.807, 2.05) is 55.3 Å². The minimum Gasteiger partial charge on any atom is -0.494 e. The average molecular weight is 343 g/mol. The molecule has 0 fully saturated rings. The highest BCUT2D eigenvalue weighted by molar-refractivity contribution is 5.89. The molecule has 0 aliphatic carbocycles. The van der Waals surface area contributed by atoms with Gasteiger partial charge in [0.15, 0.2) is 5.82 Å². The number of ether oxygens (including phenoxy) is 1. The zero-order chi connectivity index (χ0) is 17.8. The van der Waals surface area contributed by atoms with Crippen molar-refractivity contribution in [3.8, 4) is 5.75 Å². The lowest BCUT2D eigenvalue weighted by atomic mass is 10.2. The number of hydrogen-bond donors (Lipinski definition) is 0. The van der Waals surface area contributed by atoms with Crippen LogP contribution in [0.15, 0.2) is 48.5 Å².